The van der Waals surface area contributed by atoms with Crippen molar-refractivity contribution >= 4 is 16.8 Å². The maximum Gasteiger partial charge on any atom is 0.272 e. The summed E-state index contributed by atoms with van der Waals surface area (Å²) < 4.78 is 14.0. The zero-order chi connectivity index (χ0) is 18.1. The first-order valence-electron chi connectivity index (χ1n) is 8.77. The molecule has 1 aliphatic rings. The second-order valence-electron chi connectivity index (χ2n) is 6.76. The molecule has 1 fully saturated rings. The molecule has 134 valence electrons. The number of fused-ring (bicyclic) bond motifs is 1. The van der Waals surface area contributed by atoms with Crippen LogP contribution in [0.3, 0.4) is 0 Å². The highest BCUT2D eigenvalue weighted by Gasteiger charge is 2.23. The van der Waals surface area contributed by atoms with Crippen LogP contribution < -0.4 is 11.1 Å². The average Bonchev–Trinajstić information content (AvgIpc) is 3.07. The van der Waals surface area contributed by atoms with E-state index in [0.29, 0.717) is 22.2 Å². The molecule has 7 heteroatoms. The third-order valence-corrected chi connectivity index (χ3v) is 4.96. The molecule has 26 heavy (non-hydrogen) atoms. The number of nitrogens with one attached hydrogen (secondary N) is 2. The van der Waals surface area contributed by atoms with E-state index in [1.54, 1.807) is 30.3 Å². The van der Waals surface area contributed by atoms with Gasteiger partial charge in [-0.25, -0.2) is 4.98 Å². The number of hydrogen-bond donors (Lipinski definition) is 3. The Kier molecular flexibility index (Phi) is 4.38. The van der Waals surface area contributed by atoms with Crippen molar-refractivity contribution in [3.05, 3.63) is 48.2 Å². The van der Waals surface area contributed by atoms with Crippen LogP contribution in [0.1, 0.15) is 36.2 Å². The highest BCUT2D eigenvalue weighted by Crippen LogP contribution is 2.27. The molecular formula is C19H20FN5O. The minimum Gasteiger partial charge on any atom is -0.348 e. The van der Waals surface area contributed by atoms with Gasteiger partial charge in [0.2, 0.25) is 5.95 Å². The van der Waals surface area contributed by atoms with E-state index in [1.807, 2.05) is 0 Å². The maximum atomic E-state index is 14.0. The van der Waals surface area contributed by atoms with Crippen molar-refractivity contribution in [1.82, 2.24) is 20.5 Å². The molecule has 0 aliphatic heterocycles. The van der Waals surface area contributed by atoms with E-state index in [-0.39, 0.29) is 18.0 Å². The predicted octanol–water partition coefficient (Wildman–Crippen LogP) is 2.76. The van der Waals surface area contributed by atoms with Crippen molar-refractivity contribution in [2.24, 2.45) is 5.73 Å². The first-order chi connectivity index (χ1) is 12.6. The zero-order valence-electron chi connectivity index (χ0n) is 14.2. The van der Waals surface area contributed by atoms with Crippen LogP contribution in [-0.2, 0) is 0 Å². The Morgan fingerprint density at radius 3 is 2.81 bits per heavy atom. The Bertz CT molecular complexity index is 946. The summed E-state index contributed by atoms with van der Waals surface area (Å²) in [7, 11) is 0. The van der Waals surface area contributed by atoms with Crippen molar-refractivity contribution in [1.29, 1.82) is 0 Å². The number of carbonyl (C=O) groups excluding carboxylic acids is 1. The van der Waals surface area contributed by atoms with Crippen LogP contribution in [0.4, 0.5) is 4.39 Å². The van der Waals surface area contributed by atoms with E-state index in [2.05, 4.69) is 20.5 Å². The maximum absolute atomic E-state index is 14.0. The third kappa shape index (κ3) is 3.17. The molecule has 3 aromatic rings. The standard InChI is InChI=1S/C19H20FN5O/c20-18-14(2-1-9-22-18)11-3-8-16-15(10-11)17(25-24-16)19(26)23-13-6-4-12(21)5-7-13/h1-3,8-10,12-13H,4-7,21H2,(H,23,26)(H,24,25)/t12-,13-. The fraction of sp³-hybridized carbons (Fsp3) is 0.316. The number of rotatable bonds is 3. The number of aromatic amines is 1. The topological polar surface area (TPSA) is 96.7 Å². The Hall–Kier alpha value is -2.80. The lowest BCUT2D eigenvalue weighted by molar-refractivity contribution is 0.0922. The van der Waals surface area contributed by atoms with Gasteiger partial charge >= 0.3 is 0 Å². The Morgan fingerprint density at radius 1 is 1.23 bits per heavy atom. The van der Waals surface area contributed by atoms with Crippen molar-refractivity contribution in [2.45, 2.75) is 37.8 Å². The second kappa shape index (κ2) is 6.84. The van der Waals surface area contributed by atoms with Gasteiger partial charge in [-0.1, -0.05) is 6.07 Å². The van der Waals surface area contributed by atoms with Crippen LogP contribution in [0.5, 0.6) is 0 Å². The van der Waals surface area contributed by atoms with Gasteiger partial charge < -0.3 is 11.1 Å². The number of amides is 1. The van der Waals surface area contributed by atoms with Crippen LogP contribution in [0, 0.1) is 5.95 Å². The first kappa shape index (κ1) is 16.7. The number of H-pyrrole nitrogens is 1. The molecule has 1 aromatic carbocycles. The van der Waals surface area contributed by atoms with Crippen molar-refractivity contribution in [2.75, 3.05) is 0 Å². The van der Waals surface area contributed by atoms with Crippen LogP contribution >= 0.6 is 0 Å². The molecule has 1 amide bonds. The van der Waals surface area contributed by atoms with Gasteiger partial charge in [0.25, 0.3) is 5.91 Å². The fourth-order valence-corrected chi connectivity index (χ4v) is 3.47. The van der Waals surface area contributed by atoms with E-state index >= 15 is 0 Å². The molecule has 0 bridgehead atoms. The predicted molar refractivity (Wildman–Crippen MR) is 97.0 cm³/mol. The summed E-state index contributed by atoms with van der Waals surface area (Å²) in [5.74, 6) is -0.763. The number of hydrogen-bond acceptors (Lipinski definition) is 4. The molecule has 1 saturated carbocycles. The van der Waals surface area contributed by atoms with Crippen LogP contribution in [0.25, 0.3) is 22.0 Å². The van der Waals surface area contributed by atoms with Crippen molar-refractivity contribution in [3.8, 4) is 11.1 Å². The monoisotopic (exact) mass is 353 g/mol. The number of nitrogens with zero attached hydrogens (tertiary/aromatic N) is 2. The minimum absolute atomic E-state index is 0.119. The quantitative estimate of drug-likeness (QED) is 0.631. The van der Waals surface area contributed by atoms with Gasteiger partial charge in [0, 0.05) is 29.2 Å². The lowest BCUT2D eigenvalue weighted by Gasteiger charge is -2.26. The fourth-order valence-electron chi connectivity index (χ4n) is 3.47. The lowest BCUT2D eigenvalue weighted by atomic mass is 9.92. The van der Waals surface area contributed by atoms with E-state index in [9.17, 15) is 9.18 Å². The van der Waals surface area contributed by atoms with Gasteiger partial charge in [-0.05, 0) is 55.5 Å². The molecule has 0 saturated heterocycles. The summed E-state index contributed by atoms with van der Waals surface area (Å²) in [6, 6.07) is 9.03. The highest BCUT2D eigenvalue weighted by atomic mass is 19.1. The van der Waals surface area contributed by atoms with Crippen LogP contribution in [0.15, 0.2) is 36.5 Å². The minimum atomic E-state index is -0.542. The molecule has 0 spiro atoms. The van der Waals surface area contributed by atoms with Crippen molar-refractivity contribution in [3.63, 3.8) is 0 Å². The number of benzene rings is 1. The molecular weight excluding hydrogens is 333 g/mol. The van der Waals surface area contributed by atoms with E-state index in [1.165, 1.54) is 6.20 Å². The number of aromatic nitrogens is 3. The van der Waals surface area contributed by atoms with Crippen LogP contribution in [0.2, 0.25) is 0 Å². The zero-order valence-corrected chi connectivity index (χ0v) is 14.2. The Balaban J connectivity index is 1.62. The summed E-state index contributed by atoms with van der Waals surface area (Å²) in [5, 5.41) is 10.7. The smallest absolute Gasteiger partial charge is 0.272 e. The van der Waals surface area contributed by atoms with Gasteiger partial charge in [0.05, 0.1) is 5.52 Å². The Morgan fingerprint density at radius 2 is 2.04 bits per heavy atom. The van der Waals surface area contributed by atoms with E-state index in [0.717, 1.165) is 31.2 Å². The Labute approximate surface area is 150 Å². The molecule has 4 N–H and O–H groups in total. The number of carbonyl (C=O) groups is 1. The third-order valence-electron chi connectivity index (χ3n) is 4.96. The summed E-state index contributed by atoms with van der Waals surface area (Å²) in [6.45, 7) is 0. The molecule has 2 aromatic heterocycles. The van der Waals surface area contributed by atoms with E-state index < -0.39 is 5.95 Å². The van der Waals surface area contributed by atoms with Gasteiger partial charge in [-0.15, -0.1) is 0 Å². The highest BCUT2D eigenvalue weighted by molar-refractivity contribution is 6.05. The SMILES string of the molecule is N[C@H]1CC[C@H](NC(=O)c2n[nH]c3ccc(-c4cccnc4F)cc23)CC1. The molecule has 2 heterocycles. The van der Waals surface area contributed by atoms with Gasteiger partial charge in [-0.3, -0.25) is 9.89 Å². The molecule has 0 atom stereocenters. The van der Waals surface area contributed by atoms with Gasteiger partial charge in [-0.2, -0.15) is 9.49 Å². The average molecular weight is 353 g/mol. The molecule has 0 unspecified atom stereocenters. The lowest BCUT2D eigenvalue weighted by Crippen LogP contribution is -2.40. The number of pyridine rings is 1. The summed E-state index contributed by atoms with van der Waals surface area (Å²) in [6.07, 6.45) is 4.99. The summed E-state index contributed by atoms with van der Waals surface area (Å²) in [4.78, 5) is 16.4. The van der Waals surface area contributed by atoms with Crippen molar-refractivity contribution < 1.29 is 9.18 Å². The van der Waals surface area contributed by atoms with Gasteiger partial charge in [0.1, 0.15) is 0 Å². The molecule has 0 radical (unpaired) electrons. The normalized spacial score (nSPS) is 20.2. The second-order valence-corrected chi connectivity index (χ2v) is 6.76. The molecule has 6 nitrogen and oxygen atoms in total. The summed E-state index contributed by atoms with van der Waals surface area (Å²) >= 11 is 0. The van der Waals surface area contributed by atoms with E-state index in [4.69, 9.17) is 5.73 Å². The molecule has 4 rings (SSSR count). The number of nitrogens with two attached hydrogens (primary N) is 1. The largest absolute Gasteiger partial charge is 0.348 e. The first-order valence-corrected chi connectivity index (χ1v) is 8.77. The van der Waals surface area contributed by atoms with Gasteiger partial charge in [0.15, 0.2) is 5.69 Å². The van der Waals surface area contributed by atoms with Crippen LogP contribution in [-0.4, -0.2) is 33.2 Å². The summed E-state index contributed by atoms with van der Waals surface area (Å²) in [5.41, 5.74) is 8.01. The number of halogens is 1. The molecule has 1 aliphatic carbocycles.